The molecule has 0 unspecified atom stereocenters. The number of aromatic amines is 1. The predicted octanol–water partition coefficient (Wildman–Crippen LogP) is 3.43. The molecule has 1 aromatic heterocycles. The van der Waals surface area contributed by atoms with Crippen molar-refractivity contribution in [2.75, 3.05) is 11.9 Å². The molecular weight excluding hydrogens is 399 g/mol. The maximum Gasteiger partial charge on any atom is 0.256 e. The number of benzene rings is 1. The summed E-state index contributed by atoms with van der Waals surface area (Å²) in [7, 11) is 0. The molecule has 0 bridgehead atoms. The van der Waals surface area contributed by atoms with E-state index in [1.807, 2.05) is 6.92 Å². The maximum atomic E-state index is 13.7. The summed E-state index contributed by atoms with van der Waals surface area (Å²) in [4.78, 5) is 38.9. The average molecular weight is 426 g/mol. The molecule has 0 radical (unpaired) electrons. The lowest BCUT2D eigenvalue weighted by atomic mass is 10.0. The standard InChI is InChI=1S/C23H27FN4O3/c1-13-19(12-17-16-11-15(24)8-9-18(16)28-22(17)30)27-14(2)21(13)23(31)26-10-6-4-3-5-7-20(25)29/h8-9,11-12,27H,3-7,10H2,1-2H3,(H2,25,29)(H,26,31)(H,28,30)/b17-12-. The fourth-order valence-corrected chi connectivity index (χ4v) is 3.78. The molecule has 0 fully saturated rings. The van der Waals surface area contributed by atoms with Crippen LogP contribution in [-0.4, -0.2) is 29.3 Å². The van der Waals surface area contributed by atoms with E-state index in [9.17, 15) is 18.8 Å². The van der Waals surface area contributed by atoms with Crippen molar-refractivity contribution in [3.8, 4) is 0 Å². The van der Waals surface area contributed by atoms with Crippen molar-refractivity contribution in [1.82, 2.24) is 10.3 Å². The highest BCUT2D eigenvalue weighted by atomic mass is 19.1. The molecule has 0 saturated carbocycles. The Labute approximate surface area is 180 Å². The molecule has 1 aromatic carbocycles. The first-order valence-corrected chi connectivity index (χ1v) is 10.4. The number of aromatic nitrogens is 1. The number of aryl methyl sites for hydroxylation is 1. The Hall–Kier alpha value is -3.42. The Morgan fingerprint density at radius 3 is 2.65 bits per heavy atom. The smallest absolute Gasteiger partial charge is 0.256 e. The van der Waals surface area contributed by atoms with Crippen LogP contribution in [0.25, 0.3) is 11.6 Å². The molecule has 2 heterocycles. The number of hydrogen-bond donors (Lipinski definition) is 4. The van der Waals surface area contributed by atoms with Gasteiger partial charge in [0.25, 0.3) is 11.8 Å². The van der Waals surface area contributed by atoms with Crippen LogP contribution in [0.3, 0.4) is 0 Å². The molecule has 0 atom stereocenters. The van der Waals surface area contributed by atoms with E-state index in [-0.39, 0.29) is 17.7 Å². The van der Waals surface area contributed by atoms with Crippen LogP contribution in [-0.2, 0) is 9.59 Å². The molecule has 31 heavy (non-hydrogen) atoms. The molecule has 3 amide bonds. The largest absolute Gasteiger partial charge is 0.370 e. The van der Waals surface area contributed by atoms with E-state index in [1.54, 1.807) is 13.0 Å². The van der Waals surface area contributed by atoms with Crippen LogP contribution in [0.1, 0.15) is 65.0 Å². The second-order valence-electron chi connectivity index (χ2n) is 7.75. The molecule has 0 spiro atoms. The molecule has 1 aliphatic heterocycles. The van der Waals surface area contributed by atoms with Crippen molar-refractivity contribution >= 4 is 35.1 Å². The van der Waals surface area contributed by atoms with Crippen molar-refractivity contribution in [3.63, 3.8) is 0 Å². The van der Waals surface area contributed by atoms with E-state index in [4.69, 9.17) is 5.73 Å². The molecule has 2 aromatic rings. The minimum atomic E-state index is -0.421. The first kappa shape index (κ1) is 22.3. The zero-order valence-electron chi connectivity index (χ0n) is 17.7. The first-order chi connectivity index (χ1) is 14.8. The van der Waals surface area contributed by atoms with Crippen molar-refractivity contribution in [3.05, 3.63) is 52.1 Å². The Balaban J connectivity index is 1.67. The van der Waals surface area contributed by atoms with E-state index in [0.29, 0.717) is 46.7 Å². The van der Waals surface area contributed by atoms with Gasteiger partial charge in [0.05, 0.1) is 11.1 Å². The zero-order valence-corrected chi connectivity index (χ0v) is 17.7. The molecule has 3 rings (SSSR count). The van der Waals surface area contributed by atoms with Crippen LogP contribution in [0.5, 0.6) is 0 Å². The number of H-pyrrole nitrogens is 1. The first-order valence-electron chi connectivity index (χ1n) is 10.4. The average Bonchev–Trinajstić information content (AvgIpc) is 3.16. The lowest BCUT2D eigenvalue weighted by Crippen LogP contribution is -2.25. The van der Waals surface area contributed by atoms with Crippen LogP contribution in [0.2, 0.25) is 0 Å². The van der Waals surface area contributed by atoms with Crippen LogP contribution in [0.15, 0.2) is 18.2 Å². The van der Waals surface area contributed by atoms with E-state index in [0.717, 1.165) is 31.2 Å². The lowest BCUT2D eigenvalue weighted by Gasteiger charge is -2.06. The summed E-state index contributed by atoms with van der Waals surface area (Å²) in [5.74, 6) is -1.21. The Morgan fingerprint density at radius 2 is 1.90 bits per heavy atom. The Bertz CT molecular complexity index is 1060. The lowest BCUT2D eigenvalue weighted by molar-refractivity contribution is -0.118. The summed E-state index contributed by atoms with van der Waals surface area (Å²) in [6, 6.07) is 4.15. The number of carbonyl (C=O) groups excluding carboxylic acids is 3. The summed E-state index contributed by atoms with van der Waals surface area (Å²) in [6.07, 6.45) is 5.41. The Kier molecular flexibility index (Phi) is 6.89. The SMILES string of the molecule is Cc1[nH]c(/C=C2\C(=O)Nc3ccc(F)cc32)c(C)c1C(=O)NCCCCCCC(N)=O. The summed E-state index contributed by atoms with van der Waals surface area (Å²) in [5, 5.41) is 5.64. The third kappa shape index (κ3) is 5.20. The van der Waals surface area contributed by atoms with Gasteiger partial charge in [-0.15, -0.1) is 0 Å². The van der Waals surface area contributed by atoms with Gasteiger partial charge in [-0.1, -0.05) is 12.8 Å². The van der Waals surface area contributed by atoms with Crippen molar-refractivity contribution in [1.29, 1.82) is 0 Å². The number of carbonyl (C=O) groups is 3. The highest BCUT2D eigenvalue weighted by molar-refractivity contribution is 6.34. The number of amides is 3. The second-order valence-corrected chi connectivity index (χ2v) is 7.75. The molecule has 0 aliphatic carbocycles. The topological polar surface area (TPSA) is 117 Å². The fourth-order valence-electron chi connectivity index (χ4n) is 3.78. The van der Waals surface area contributed by atoms with Gasteiger partial charge in [-0.05, 0) is 56.5 Å². The molecular formula is C23H27FN4O3. The highest BCUT2D eigenvalue weighted by Gasteiger charge is 2.26. The van der Waals surface area contributed by atoms with Gasteiger partial charge in [-0.25, -0.2) is 4.39 Å². The molecule has 7 nitrogen and oxygen atoms in total. The number of nitrogens with two attached hydrogens (primary N) is 1. The summed E-state index contributed by atoms with van der Waals surface area (Å²) >= 11 is 0. The minimum absolute atomic E-state index is 0.185. The summed E-state index contributed by atoms with van der Waals surface area (Å²) in [6.45, 7) is 4.15. The molecule has 8 heteroatoms. The number of unbranched alkanes of at least 4 members (excludes halogenated alkanes) is 3. The Morgan fingerprint density at radius 1 is 1.16 bits per heavy atom. The quantitative estimate of drug-likeness (QED) is 0.363. The normalized spacial score (nSPS) is 13.9. The van der Waals surface area contributed by atoms with Gasteiger partial charge < -0.3 is 21.4 Å². The number of hydrogen-bond acceptors (Lipinski definition) is 3. The molecule has 0 saturated heterocycles. The van der Waals surface area contributed by atoms with Crippen LogP contribution >= 0.6 is 0 Å². The van der Waals surface area contributed by atoms with Gasteiger partial charge in [-0.3, -0.25) is 14.4 Å². The maximum absolute atomic E-state index is 13.7. The number of fused-ring (bicyclic) bond motifs is 1. The zero-order chi connectivity index (χ0) is 22.5. The monoisotopic (exact) mass is 426 g/mol. The van der Waals surface area contributed by atoms with Crippen molar-refractivity contribution in [2.24, 2.45) is 5.73 Å². The van der Waals surface area contributed by atoms with E-state index < -0.39 is 5.82 Å². The number of rotatable bonds is 9. The van der Waals surface area contributed by atoms with E-state index in [2.05, 4.69) is 15.6 Å². The second kappa shape index (κ2) is 9.59. The molecule has 1 aliphatic rings. The number of primary amides is 1. The van der Waals surface area contributed by atoms with Crippen molar-refractivity contribution < 1.29 is 18.8 Å². The van der Waals surface area contributed by atoms with E-state index >= 15 is 0 Å². The third-order valence-electron chi connectivity index (χ3n) is 5.39. The molecule has 164 valence electrons. The van der Waals surface area contributed by atoms with Gasteiger partial charge in [0.2, 0.25) is 5.91 Å². The molecule has 5 N–H and O–H groups in total. The predicted molar refractivity (Wildman–Crippen MR) is 118 cm³/mol. The minimum Gasteiger partial charge on any atom is -0.370 e. The highest BCUT2D eigenvalue weighted by Crippen LogP contribution is 2.34. The van der Waals surface area contributed by atoms with Crippen LogP contribution in [0.4, 0.5) is 10.1 Å². The number of nitrogens with one attached hydrogen (secondary N) is 3. The van der Waals surface area contributed by atoms with Gasteiger partial charge in [0.1, 0.15) is 5.82 Å². The van der Waals surface area contributed by atoms with Crippen molar-refractivity contribution in [2.45, 2.75) is 46.0 Å². The third-order valence-corrected chi connectivity index (χ3v) is 5.39. The van der Waals surface area contributed by atoms with Gasteiger partial charge in [0.15, 0.2) is 0 Å². The van der Waals surface area contributed by atoms with E-state index in [1.165, 1.54) is 18.2 Å². The van der Waals surface area contributed by atoms with Gasteiger partial charge in [-0.2, -0.15) is 0 Å². The van der Waals surface area contributed by atoms with Crippen LogP contribution < -0.4 is 16.4 Å². The fraction of sp³-hybridized carbons (Fsp3) is 0.348. The van der Waals surface area contributed by atoms with Crippen LogP contribution in [0, 0.1) is 19.7 Å². The summed E-state index contributed by atoms with van der Waals surface area (Å²) in [5.41, 5.74) is 9.12. The summed E-state index contributed by atoms with van der Waals surface area (Å²) < 4.78 is 13.7. The number of halogens is 1. The number of anilines is 1. The van der Waals surface area contributed by atoms with Gasteiger partial charge >= 0.3 is 0 Å². The van der Waals surface area contributed by atoms with Gasteiger partial charge in [0, 0.05) is 35.6 Å².